The third kappa shape index (κ3) is 16.2. The molecule has 0 atom stereocenters. The van der Waals surface area contributed by atoms with E-state index in [9.17, 15) is 25.2 Å². The van der Waals surface area contributed by atoms with Gasteiger partial charge in [-0.05, 0) is 63.8 Å². The van der Waals surface area contributed by atoms with Crippen LogP contribution in [0, 0.1) is 48.2 Å². The van der Waals surface area contributed by atoms with Gasteiger partial charge in [0.25, 0.3) is 0 Å². The summed E-state index contributed by atoms with van der Waals surface area (Å²) in [7, 11) is 3.48. The summed E-state index contributed by atoms with van der Waals surface area (Å²) in [5.74, 6) is 0.862. The fraction of sp³-hybridized carbons (Fsp3) is 0.342. The number of rotatable bonds is 9. The first-order valence-corrected chi connectivity index (χ1v) is 24.2. The Kier molecular flexibility index (Phi) is 14.5. The van der Waals surface area contributed by atoms with Crippen molar-refractivity contribution in [2.24, 2.45) is 7.05 Å². The van der Waals surface area contributed by atoms with Crippen LogP contribution in [0.3, 0.4) is 0 Å². The average molecular weight is 893 g/mol. The normalized spacial score (nSPS) is 14.2. The van der Waals surface area contributed by atoms with E-state index in [0.29, 0.717) is 0 Å². The van der Waals surface area contributed by atoms with Gasteiger partial charge in [0.05, 0.1) is 0 Å². The first kappa shape index (κ1) is 44.5. The maximum absolute atomic E-state index is 10.7. The van der Waals surface area contributed by atoms with Gasteiger partial charge in [-0.25, -0.2) is 0 Å². The number of aryl methyl sites for hydroxylation is 9. The molecule has 0 aliphatic carbocycles. The Morgan fingerprint density at radius 3 is 1.68 bits per heavy atom. The number of anilines is 2. The topological polar surface area (TPSA) is 24.5 Å². The van der Waals surface area contributed by atoms with E-state index in [-0.39, 0.29) is 6.10 Å². The molecule has 0 bridgehead atoms. The van der Waals surface area contributed by atoms with Crippen molar-refractivity contribution >= 4 is 43.2 Å². The van der Waals surface area contributed by atoms with Gasteiger partial charge in [-0.2, -0.15) is 0 Å². The second-order valence-corrected chi connectivity index (χ2v) is 21.0. The van der Waals surface area contributed by atoms with E-state index in [1.165, 1.54) is 50.3 Å². The molecular weight excluding hydrogens is 845 g/mol. The van der Waals surface area contributed by atoms with E-state index in [1.807, 2.05) is 31.6 Å². The molecule has 1 aromatic heterocycles. The second kappa shape index (κ2) is 17.3. The van der Waals surface area contributed by atoms with Gasteiger partial charge in [-0.1, -0.05) is 35.4 Å². The van der Waals surface area contributed by atoms with Crippen molar-refractivity contribution in [1.82, 2.24) is 4.57 Å². The Balaban J connectivity index is 0.000000243. The number of hydrogen-bond donors (Lipinski definition) is 0. The van der Waals surface area contributed by atoms with Crippen molar-refractivity contribution in [2.45, 2.75) is 80.9 Å². The Labute approximate surface area is 322 Å². The van der Waals surface area contributed by atoms with E-state index in [0.717, 1.165) is 30.7 Å². The van der Waals surface area contributed by atoms with Crippen LogP contribution >= 0.6 is 27.2 Å². The average Bonchev–Trinajstić information content (AvgIpc) is 3.60. The van der Waals surface area contributed by atoms with E-state index in [2.05, 4.69) is 135 Å². The Bertz CT molecular complexity index is 1840. The minimum atomic E-state index is -10.7. The summed E-state index contributed by atoms with van der Waals surface area (Å²) in [6.07, 6.45) is 12.6. The van der Waals surface area contributed by atoms with E-state index in [4.69, 9.17) is 24.1 Å². The summed E-state index contributed by atoms with van der Waals surface area (Å²) >= 11 is -1.87. The monoisotopic (exact) mass is 892 g/mol. The molecule has 0 N–H and O–H groups in total. The van der Waals surface area contributed by atoms with Crippen molar-refractivity contribution in [3.63, 3.8) is 0 Å². The van der Waals surface area contributed by atoms with Crippen LogP contribution in [0.5, 0.6) is 5.75 Å². The quantitative estimate of drug-likeness (QED) is 0.0724. The van der Waals surface area contributed by atoms with Crippen molar-refractivity contribution in [1.29, 1.82) is 0 Å². The number of nitrogens with zero attached hydrogens (tertiary/aromatic N) is 4. The molecule has 2 heterocycles. The van der Waals surface area contributed by atoms with Gasteiger partial charge in [0, 0.05) is 23.8 Å². The number of halogens is 8. The summed E-state index contributed by atoms with van der Waals surface area (Å²) < 4.78 is 71.2. The summed E-state index contributed by atoms with van der Waals surface area (Å²) in [4.78, 5) is 4.20. The van der Waals surface area contributed by atoms with Crippen molar-refractivity contribution in [3.8, 4) is 5.75 Å². The van der Waals surface area contributed by atoms with Crippen molar-refractivity contribution in [3.05, 3.63) is 125 Å². The molecule has 1 aliphatic rings. The van der Waals surface area contributed by atoms with Crippen LogP contribution in [0.15, 0.2) is 73.6 Å². The number of hydrogen-bond acceptors (Lipinski definition) is 3. The minimum absolute atomic E-state index is 0.133. The van der Waals surface area contributed by atoms with E-state index in [1.54, 1.807) is 0 Å². The van der Waals surface area contributed by atoms with Gasteiger partial charge in [0.1, 0.15) is 0 Å². The van der Waals surface area contributed by atoms with Crippen LogP contribution in [0.4, 0.5) is 36.6 Å². The molecule has 5 nitrogen and oxygen atoms in total. The first-order chi connectivity index (χ1) is 24.2. The molecule has 5 rings (SSSR count). The van der Waals surface area contributed by atoms with Crippen LogP contribution < -0.4 is 19.1 Å². The van der Waals surface area contributed by atoms with Crippen molar-refractivity contribution in [2.75, 3.05) is 9.80 Å². The fourth-order valence-electron chi connectivity index (χ4n) is 6.05. The molecule has 0 saturated heterocycles. The van der Waals surface area contributed by atoms with Gasteiger partial charge in [0.15, 0.2) is 0 Å². The van der Waals surface area contributed by atoms with Gasteiger partial charge in [0.2, 0.25) is 6.67 Å². The molecule has 4 aromatic rings. The number of ether oxygens (including phenoxy) is 1. The van der Waals surface area contributed by atoms with Gasteiger partial charge >= 0.3 is 185 Å². The number of aromatic nitrogens is 2. The third-order valence-corrected chi connectivity index (χ3v) is 9.50. The second-order valence-electron chi connectivity index (χ2n) is 13.4. The van der Waals surface area contributed by atoms with Crippen LogP contribution in [-0.4, -0.2) is 15.3 Å². The number of benzene rings is 3. The van der Waals surface area contributed by atoms with Crippen LogP contribution in [-0.2, 0) is 33.5 Å². The Morgan fingerprint density at radius 1 is 0.811 bits per heavy atom. The Morgan fingerprint density at radius 2 is 1.28 bits per heavy atom. The standard InChI is InChI=1S/C21H24N2.C17H23N2O.2ClH.F6P.Ru/c1-14-9-16(3)20(17(4)10-14)22-7-8-23(13-22)21-18(5)11-15(2)12-19(21)6;1-14(2)20-17-8-7-16(12-15(17)3)6-5-9-19-11-10-18(4)13-19;;;1-7(2,3,4,5)6;/h7-12H,1-6H3;3,7-8,10-14H,5-6,9H2,1-2,4H3;2*1H;;/q;+1;;;-1;+2/p-2. The molecule has 3 aromatic carbocycles. The zero-order chi connectivity index (χ0) is 40.0. The summed E-state index contributed by atoms with van der Waals surface area (Å²) in [5.41, 5.74) is 12.5. The summed E-state index contributed by atoms with van der Waals surface area (Å²) in [5, 5.41) is 0. The predicted octanol–water partition coefficient (Wildman–Crippen LogP) is 12.5. The predicted molar refractivity (Wildman–Crippen MR) is 205 cm³/mol. The van der Waals surface area contributed by atoms with Crippen LogP contribution in [0.2, 0.25) is 0 Å². The maximum atomic E-state index is 9.87. The molecule has 294 valence electrons. The Hall–Kier alpha value is -2.91. The van der Waals surface area contributed by atoms with Crippen LogP contribution in [0.1, 0.15) is 64.8 Å². The fourth-order valence-corrected chi connectivity index (χ4v) is 7.83. The molecule has 0 spiro atoms. The zero-order valence-corrected chi connectivity index (χ0v) is 35.4. The van der Waals surface area contributed by atoms with Crippen LogP contribution in [0.25, 0.3) is 0 Å². The third-order valence-electron chi connectivity index (χ3n) is 7.66. The first-order valence-electron chi connectivity index (χ1n) is 16.6. The van der Waals surface area contributed by atoms with Gasteiger partial charge in [-0.3, -0.25) is 0 Å². The van der Waals surface area contributed by atoms with Gasteiger partial charge < -0.3 is 9.80 Å². The summed E-state index contributed by atoms with van der Waals surface area (Å²) in [6, 6.07) is 15.2. The summed E-state index contributed by atoms with van der Waals surface area (Å²) in [6.45, 7) is 21.5. The molecule has 1 aliphatic heterocycles. The molecule has 0 unspecified atom stereocenters. The molecule has 0 saturated carbocycles. The number of imidazole rings is 1. The molecular formula is C38H47Cl2F6N4OPRu. The molecule has 15 heteroatoms. The van der Waals surface area contributed by atoms with Crippen molar-refractivity contribution < 1.29 is 48.0 Å². The molecule has 53 heavy (non-hydrogen) atoms. The van der Waals surface area contributed by atoms with E-state index < -0.39 is 21.3 Å². The zero-order valence-electron chi connectivity index (χ0n) is 31.2. The SMILES string of the molecule is CC(C)Oc1ccc(CCCn2cc[n+](C)c2)cc1[CH]=[Ru]([Cl])[Cl].Cc1cc(C)c(N2[C]N(c3c(C)cc(C)cc3C)C=C2)c(C)c1.F[P-](F)(F)(F)(F)F. The molecule has 0 amide bonds. The molecule has 0 fully saturated rings. The molecule has 2 radical (unpaired) electrons. The van der Waals surface area contributed by atoms with Gasteiger partial charge in [-0.15, -0.1) is 0 Å². The van der Waals surface area contributed by atoms with E-state index >= 15 is 0 Å².